The average Bonchev–Trinajstić information content (AvgIpc) is 3.18. The number of amides is 1. The standard InChI is InChI=1S/C19H18N6O2/c1-12-10-22-15(11-21-12)19(27)25-8-4-6-16(25)18-23-14(9-17(26)24-18)13-5-2-3-7-20-13/h2-3,5,7,9-11,16H,4,6,8H2,1H3,(H,23,24,26). The smallest absolute Gasteiger partial charge is 0.274 e. The Morgan fingerprint density at radius 3 is 2.81 bits per heavy atom. The molecule has 0 saturated carbocycles. The van der Waals surface area contributed by atoms with Crippen molar-refractivity contribution in [2.75, 3.05) is 6.54 Å². The van der Waals surface area contributed by atoms with E-state index in [1.165, 1.54) is 12.3 Å². The maximum atomic E-state index is 12.9. The van der Waals surface area contributed by atoms with Crippen molar-refractivity contribution < 1.29 is 4.79 Å². The molecule has 8 heteroatoms. The van der Waals surface area contributed by atoms with Crippen LogP contribution < -0.4 is 5.56 Å². The van der Waals surface area contributed by atoms with Crippen LogP contribution >= 0.6 is 0 Å². The lowest BCUT2D eigenvalue weighted by Gasteiger charge is -2.23. The summed E-state index contributed by atoms with van der Waals surface area (Å²) in [5.41, 5.74) is 1.87. The van der Waals surface area contributed by atoms with Gasteiger partial charge in [-0.2, -0.15) is 0 Å². The summed E-state index contributed by atoms with van der Waals surface area (Å²) in [5, 5.41) is 0. The number of carbonyl (C=O) groups is 1. The molecule has 0 bridgehead atoms. The van der Waals surface area contributed by atoms with E-state index in [2.05, 4.69) is 24.9 Å². The van der Waals surface area contributed by atoms with Crippen LogP contribution in [0.2, 0.25) is 0 Å². The van der Waals surface area contributed by atoms with Gasteiger partial charge in [0.05, 0.1) is 29.3 Å². The first-order chi connectivity index (χ1) is 13.1. The van der Waals surface area contributed by atoms with E-state index < -0.39 is 0 Å². The molecule has 0 aliphatic carbocycles. The van der Waals surface area contributed by atoms with Gasteiger partial charge in [0.2, 0.25) is 0 Å². The number of nitrogens with one attached hydrogen (secondary N) is 1. The van der Waals surface area contributed by atoms with Crippen LogP contribution in [0.25, 0.3) is 11.4 Å². The van der Waals surface area contributed by atoms with E-state index >= 15 is 0 Å². The molecule has 1 saturated heterocycles. The summed E-state index contributed by atoms with van der Waals surface area (Å²) in [4.78, 5) is 46.7. The van der Waals surface area contributed by atoms with Gasteiger partial charge in [0.25, 0.3) is 11.5 Å². The third kappa shape index (κ3) is 3.46. The van der Waals surface area contributed by atoms with Crippen molar-refractivity contribution in [1.29, 1.82) is 0 Å². The number of hydrogen-bond donors (Lipinski definition) is 1. The maximum Gasteiger partial charge on any atom is 0.274 e. The van der Waals surface area contributed by atoms with E-state index in [4.69, 9.17) is 0 Å². The SMILES string of the molecule is Cc1cnc(C(=O)N2CCCC2c2nc(-c3ccccn3)cc(=O)[nH]2)cn1. The Balaban J connectivity index is 1.68. The molecule has 1 aliphatic heterocycles. The van der Waals surface area contributed by atoms with Crippen molar-refractivity contribution in [2.24, 2.45) is 0 Å². The van der Waals surface area contributed by atoms with Crippen LogP contribution in [0.3, 0.4) is 0 Å². The molecule has 136 valence electrons. The minimum absolute atomic E-state index is 0.212. The number of rotatable bonds is 3. The topological polar surface area (TPSA) is 105 Å². The van der Waals surface area contributed by atoms with Gasteiger partial charge in [0, 0.05) is 25.0 Å². The molecular weight excluding hydrogens is 344 g/mol. The van der Waals surface area contributed by atoms with Crippen LogP contribution in [-0.2, 0) is 0 Å². The Bertz CT molecular complexity index is 1020. The molecule has 8 nitrogen and oxygen atoms in total. The Labute approximate surface area is 155 Å². The normalized spacial score (nSPS) is 16.5. The third-order valence-corrected chi connectivity index (χ3v) is 4.52. The molecule has 1 fully saturated rings. The highest BCUT2D eigenvalue weighted by molar-refractivity contribution is 5.92. The second-order valence-corrected chi connectivity index (χ2v) is 6.43. The van der Waals surface area contributed by atoms with E-state index in [0.29, 0.717) is 23.8 Å². The molecule has 4 heterocycles. The number of aromatic nitrogens is 5. The van der Waals surface area contributed by atoms with Gasteiger partial charge in [-0.3, -0.25) is 19.6 Å². The van der Waals surface area contributed by atoms with Crippen molar-refractivity contribution in [3.05, 3.63) is 70.4 Å². The lowest BCUT2D eigenvalue weighted by atomic mass is 10.2. The number of hydrogen-bond acceptors (Lipinski definition) is 6. The van der Waals surface area contributed by atoms with E-state index in [1.807, 2.05) is 13.0 Å². The van der Waals surface area contributed by atoms with Gasteiger partial charge in [0.15, 0.2) is 0 Å². The summed E-state index contributed by atoms with van der Waals surface area (Å²) in [5.74, 6) is 0.255. The van der Waals surface area contributed by atoms with Crippen LogP contribution in [0.4, 0.5) is 0 Å². The van der Waals surface area contributed by atoms with Gasteiger partial charge in [-0.1, -0.05) is 6.07 Å². The largest absolute Gasteiger partial charge is 0.327 e. The summed E-state index contributed by atoms with van der Waals surface area (Å²) in [6.07, 6.45) is 6.25. The maximum absolute atomic E-state index is 12.9. The highest BCUT2D eigenvalue weighted by Gasteiger charge is 2.33. The van der Waals surface area contributed by atoms with Gasteiger partial charge in [0.1, 0.15) is 11.5 Å². The Hall–Kier alpha value is -3.42. The first-order valence-electron chi connectivity index (χ1n) is 8.74. The van der Waals surface area contributed by atoms with E-state index in [9.17, 15) is 9.59 Å². The lowest BCUT2D eigenvalue weighted by molar-refractivity contribution is 0.0723. The van der Waals surface area contributed by atoms with Crippen molar-refractivity contribution in [2.45, 2.75) is 25.8 Å². The number of carbonyl (C=O) groups excluding carboxylic acids is 1. The fourth-order valence-corrected chi connectivity index (χ4v) is 3.22. The molecule has 0 spiro atoms. The van der Waals surface area contributed by atoms with E-state index in [-0.39, 0.29) is 23.2 Å². The number of likely N-dealkylation sites (tertiary alicyclic amines) is 1. The first-order valence-corrected chi connectivity index (χ1v) is 8.74. The second-order valence-electron chi connectivity index (χ2n) is 6.43. The monoisotopic (exact) mass is 362 g/mol. The quantitative estimate of drug-likeness (QED) is 0.763. The van der Waals surface area contributed by atoms with Crippen LogP contribution in [0.15, 0.2) is 47.7 Å². The average molecular weight is 362 g/mol. The minimum atomic E-state index is -0.308. The molecule has 1 unspecified atom stereocenters. The molecule has 1 N–H and O–H groups in total. The van der Waals surface area contributed by atoms with Gasteiger partial charge in [-0.15, -0.1) is 0 Å². The van der Waals surface area contributed by atoms with Gasteiger partial charge in [-0.25, -0.2) is 9.97 Å². The molecule has 3 aromatic heterocycles. The fraction of sp³-hybridized carbons (Fsp3) is 0.263. The molecule has 27 heavy (non-hydrogen) atoms. The molecule has 4 rings (SSSR count). The van der Waals surface area contributed by atoms with Crippen molar-refractivity contribution in [3.63, 3.8) is 0 Å². The van der Waals surface area contributed by atoms with Crippen LogP contribution in [-0.4, -0.2) is 42.3 Å². The number of aromatic amines is 1. The van der Waals surface area contributed by atoms with Crippen LogP contribution in [0, 0.1) is 6.92 Å². The summed E-state index contributed by atoms with van der Waals surface area (Å²) >= 11 is 0. The summed E-state index contributed by atoms with van der Waals surface area (Å²) in [6.45, 7) is 2.40. The van der Waals surface area contributed by atoms with Gasteiger partial charge >= 0.3 is 0 Å². The zero-order valence-corrected chi connectivity index (χ0v) is 14.8. The molecule has 0 aromatic carbocycles. The molecule has 1 atom stereocenters. The van der Waals surface area contributed by atoms with E-state index in [0.717, 1.165) is 18.5 Å². The van der Waals surface area contributed by atoms with Gasteiger partial charge < -0.3 is 9.88 Å². The third-order valence-electron chi connectivity index (χ3n) is 4.52. The number of pyridine rings is 1. The fourth-order valence-electron chi connectivity index (χ4n) is 3.22. The molecule has 1 aliphatic rings. The Kier molecular flexibility index (Phi) is 4.45. The van der Waals surface area contributed by atoms with Crippen LogP contribution in [0.1, 0.15) is 40.9 Å². The Morgan fingerprint density at radius 1 is 1.19 bits per heavy atom. The second kappa shape index (κ2) is 7.06. The highest BCUT2D eigenvalue weighted by atomic mass is 16.2. The highest BCUT2D eigenvalue weighted by Crippen LogP contribution is 2.31. The first kappa shape index (κ1) is 17.0. The molecule has 1 amide bonds. The molecule has 0 radical (unpaired) electrons. The van der Waals surface area contributed by atoms with Crippen LogP contribution in [0.5, 0.6) is 0 Å². The number of nitrogens with zero attached hydrogens (tertiary/aromatic N) is 5. The number of aryl methyl sites for hydroxylation is 1. The molecular formula is C19H18N6O2. The lowest BCUT2D eigenvalue weighted by Crippen LogP contribution is -2.33. The van der Waals surface area contributed by atoms with Gasteiger partial charge in [-0.05, 0) is 31.9 Å². The summed E-state index contributed by atoms with van der Waals surface area (Å²) in [6, 6.07) is 6.55. The Morgan fingerprint density at radius 2 is 2.07 bits per heavy atom. The van der Waals surface area contributed by atoms with Crippen molar-refractivity contribution >= 4 is 5.91 Å². The zero-order valence-electron chi connectivity index (χ0n) is 14.8. The summed E-state index contributed by atoms with van der Waals surface area (Å²) in [7, 11) is 0. The number of H-pyrrole nitrogens is 1. The zero-order chi connectivity index (χ0) is 18.8. The predicted molar refractivity (Wildman–Crippen MR) is 97.9 cm³/mol. The van der Waals surface area contributed by atoms with Crippen molar-refractivity contribution in [3.8, 4) is 11.4 Å². The predicted octanol–water partition coefficient (Wildman–Crippen LogP) is 1.91. The van der Waals surface area contributed by atoms with E-state index in [1.54, 1.807) is 29.4 Å². The van der Waals surface area contributed by atoms with Crippen molar-refractivity contribution in [1.82, 2.24) is 29.8 Å². The minimum Gasteiger partial charge on any atom is -0.327 e. The molecule has 3 aromatic rings. The summed E-state index contributed by atoms with van der Waals surface area (Å²) < 4.78 is 0.